The molecule has 1 saturated heterocycles. The summed E-state index contributed by atoms with van der Waals surface area (Å²) in [4.78, 5) is 10.7. The summed E-state index contributed by atoms with van der Waals surface area (Å²) < 4.78 is 51.3. The van der Waals surface area contributed by atoms with Crippen LogP contribution in [0.4, 0.5) is 0 Å². The fourth-order valence-corrected chi connectivity index (χ4v) is 21.1. The zero-order valence-electron chi connectivity index (χ0n) is 15.6. The first-order chi connectivity index (χ1) is 10.8. The molecule has 1 aliphatic rings. The van der Waals surface area contributed by atoms with Crippen molar-refractivity contribution < 1.29 is 43.1 Å². The molecule has 0 aromatic carbocycles. The molecule has 0 amide bonds. The minimum atomic E-state index is -3.69. The fourth-order valence-electron chi connectivity index (χ4n) is 2.14. The average molecular weight is 437 g/mol. The smallest absolute Gasteiger partial charge is 0.391 e. The third-order valence-corrected chi connectivity index (χ3v) is 21.2. The van der Waals surface area contributed by atoms with Crippen molar-refractivity contribution in [1.29, 1.82) is 0 Å². The number of rotatable bonds is 4. The highest BCUT2D eigenvalue weighted by Crippen LogP contribution is 2.30. The summed E-state index contributed by atoms with van der Waals surface area (Å²) in [5, 5.41) is 0. The van der Waals surface area contributed by atoms with Crippen LogP contribution in [0, 0.1) is 0 Å². The van der Waals surface area contributed by atoms with E-state index in [1.807, 2.05) is 0 Å². The second-order valence-corrected chi connectivity index (χ2v) is 20.1. The molecule has 24 heavy (non-hydrogen) atoms. The Hall–Kier alpha value is 0.684. The van der Waals surface area contributed by atoms with Gasteiger partial charge in [0.1, 0.15) is 0 Å². The zero-order chi connectivity index (χ0) is 18.9. The fraction of sp³-hybridized carbons (Fsp3) is 1.00. The van der Waals surface area contributed by atoms with Crippen molar-refractivity contribution in [2.24, 2.45) is 0 Å². The highest BCUT2D eigenvalue weighted by atomic mass is 28.6. The minimum Gasteiger partial charge on any atom is -0.391 e. The van der Waals surface area contributed by atoms with Crippen LogP contribution in [0.15, 0.2) is 0 Å². The molecule has 0 aromatic rings. The van der Waals surface area contributed by atoms with Crippen molar-refractivity contribution in [3.63, 3.8) is 0 Å². The van der Waals surface area contributed by atoms with E-state index in [1.54, 1.807) is 26.2 Å². The molecule has 1 rings (SSSR count). The van der Waals surface area contributed by atoms with Crippen LogP contribution in [0.1, 0.15) is 0 Å². The molecule has 0 radical (unpaired) electrons. The maximum atomic E-state index is 10.7. The van der Waals surface area contributed by atoms with Gasteiger partial charge in [0.15, 0.2) is 0 Å². The third-order valence-electron chi connectivity index (χ3n) is 3.35. The standard InChI is InChI=1S/C9H28O10Si5/c1-11-21(6)15-20(5,10)16-22(7,12-2)18-24(9,14-4)19-23(8,13-3)17-21/h10H,1-9H3. The van der Waals surface area contributed by atoms with Gasteiger partial charge in [-0.3, -0.25) is 0 Å². The second-order valence-electron chi connectivity index (χ2n) is 5.67. The van der Waals surface area contributed by atoms with E-state index in [2.05, 4.69) is 0 Å². The zero-order valence-corrected chi connectivity index (χ0v) is 20.6. The molecule has 4 atom stereocenters. The molecule has 144 valence electrons. The lowest BCUT2D eigenvalue weighted by molar-refractivity contribution is 0.0539. The van der Waals surface area contributed by atoms with Crippen LogP contribution in [0.5, 0.6) is 0 Å². The summed E-state index contributed by atoms with van der Waals surface area (Å²) in [6.45, 7) is 8.07. The lowest BCUT2D eigenvalue weighted by Gasteiger charge is -2.44. The first-order valence-electron chi connectivity index (χ1n) is 7.21. The Morgan fingerprint density at radius 3 is 0.917 bits per heavy atom. The first kappa shape index (κ1) is 22.7. The van der Waals surface area contributed by atoms with Crippen LogP contribution in [-0.2, 0) is 38.3 Å². The van der Waals surface area contributed by atoms with E-state index in [4.69, 9.17) is 38.3 Å². The Kier molecular flexibility index (Phi) is 7.33. The van der Waals surface area contributed by atoms with Crippen LogP contribution in [0.25, 0.3) is 0 Å². The van der Waals surface area contributed by atoms with E-state index in [1.165, 1.54) is 35.0 Å². The van der Waals surface area contributed by atoms with Gasteiger partial charge >= 0.3 is 44.0 Å². The van der Waals surface area contributed by atoms with E-state index >= 15 is 0 Å². The monoisotopic (exact) mass is 436 g/mol. The maximum absolute atomic E-state index is 10.7. The Morgan fingerprint density at radius 1 is 0.500 bits per heavy atom. The van der Waals surface area contributed by atoms with Crippen LogP contribution in [0.3, 0.4) is 0 Å². The molecule has 1 heterocycles. The molecule has 4 unspecified atom stereocenters. The van der Waals surface area contributed by atoms with E-state index in [9.17, 15) is 4.80 Å². The van der Waals surface area contributed by atoms with Crippen molar-refractivity contribution in [3.05, 3.63) is 0 Å². The summed E-state index contributed by atoms with van der Waals surface area (Å²) in [6.07, 6.45) is 0. The normalized spacial score (nSPS) is 48.2. The van der Waals surface area contributed by atoms with Crippen molar-refractivity contribution in [3.8, 4) is 0 Å². The molecule has 1 aliphatic heterocycles. The summed E-state index contributed by atoms with van der Waals surface area (Å²) in [7, 11) is -11.0. The van der Waals surface area contributed by atoms with Crippen LogP contribution >= 0.6 is 0 Å². The van der Waals surface area contributed by atoms with E-state index in [0.717, 1.165) is 0 Å². The minimum absolute atomic E-state index is 1.43. The summed E-state index contributed by atoms with van der Waals surface area (Å²) in [5.74, 6) is 0. The molecule has 1 fully saturated rings. The lowest BCUT2D eigenvalue weighted by Crippen LogP contribution is -2.69. The number of hydrogen-bond acceptors (Lipinski definition) is 10. The van der Waals surface area contributed by atoms with Gasteiger partial charge in [0.05, 0.1) is 0 Å². The number of hydrogen-bond donors (Lipinski definition) is 1. The van der Waals surface area contributed by atoms with Crippen molar-refractivity contribution >= 4 is 44.0 Å². The quantitative estimate of drug-likeness (QED) is 0.627. The van der Waals surface area contributed by atoms with Gasteiger partial charge < -0.3 is 43.1 Å². The van der Waals surface area contributed by atoms with Crippen LogP contribution in [-0.4, -0.2) is 77.3 Å². The lowest BCUT2D eigenvalue weighted by atomic mass is 11.8. The van der Waals surface area contributed by atoms with Gasteiger partial charge in [-0.15, -0.1) is 0 Å². The van der Waals surface area contributed by atoms with Gasteiger partial charge in [0, 0.05) is 61.2 Å². The van der Waals surface area contributed by atoms with Gasteiger partial charge in [-0.2, -0.15) is 0 Å². The Labute approximate surface area is 148 Å². The maximum Gasteiger partial charge on any atom is 0.482 e. The average Bonchev–Trinajstić information content (AvgIpc) is 2.44. The largest absolute Gasteiger partial charge is 0.482 e. The molecule has 0 saturated carbocycles. The SMILES string of the molecule is CO[Si]1(C)O[Si](C)(O)O[Si](C)(OC)O[Si](C)(OC)O[Si](C)(OC)O1. The summed E-state index contributed by atoms with van der Waals surface area (Å²) >= 11 is 0. The van der Waals surface area contributed by atoms with Gasteiger partial charge in [-0.25, -0.2) is 0 Å². The highest BCUT2D eigenvalue weighted by Gasteiger charge is 2.61. The summed E-state index contributed by atoms with van der Waals surface area (Å²) in [5.41, 5.74) is 0. The van der Waals surface area contributed by atoms with Gasteiger partial charge in [-0.1, -0.05) is 0 Å². The molecule has 0 aromatic heterocycles. The van der Waals surface area contributed by atoms with Crippen LogP contribution in [0.2, 0.25) is 32.7 Å². The van der Waals surface area contributed by atoms with E-state index in [-0.39, 0.29) is 0 Å². The topological polar surface area (TPSA) is 103 Å². The van der Waals surface area contributed by atoms with Crippen molar-refractivity contribution in [1.82, 2.24) is 0 Å². The molecular formula is C9H28O10Si5. The van der Waals surface area contributed by atoms with E-state index in [0.29, 0.717) is 0 Å². The predicted molar refractivity (Wildman–Crippen MR) is 93.8 cm³/mol. The molecule has 1 N–H and O–H groups in total. The highest BCUT2D eigenvalue weighted by molar-refractivity contribution is 6.87. The van der Waals surface area contributed by atoms with E-state index < -0.39 is 44.0 Å². The van der Waals surface area contributed by atoms with Crippen molar-refractivity contribution in [2.75, 3.05) is 28.4 Å². The molecule has 15 heteroatoms. The molecule has 10 nitrogen and oxygen atoms in total. The first-order valence-corrected chi connectivity index (χ1v) is 18.4. The Morgan fingerprint density at radius 2 is 0.708 bits per heavy atom. The summed E-state index contributed by atoms with van der Waals surface area (Å²) in [6, 6.07) is 0. The van der Waals surface area contributed by atoms with Crippen LogP contribution < -0.4 is 0 Å². The second kappa shape index (κ2) is 7.74. The van der Waals surface area contributed by atoms with Gasteiger partial charge in [0.2, 0.25) is 0 Å². The van der Waals surface area contributed by atoms with Crippen molar-refractivity contribution in [2.45, 2.75) is 32.7 Å². The third kappa shape index (κ3) is 5.85. The molecular weight excluding hydrogens is 409 g/mol. The predicted octanol–water partition coefficient (Wildman–Crippen LogP) is 0.504. The Balaban J connectivity index is 3.38. The van der Waals surface area contributed by atoms with Gasteiger partial charge in [0.25, 0.3) is 0 Å². The molecule has 0 aliphatic carbocycles. The van der Waals surface area contributed by atoms with Gasteiger partial charge in [-0.05, 0) is 0 Å². The Bertz CT molecular complexity index is 409. The molecule has 0 spiro atoms. The molecule has 0 bridgehead atoms.